The van der Waals surface area contributed by atoms with Crippen molar-refractivity contribution >= 4 is 22.5 Å². The molecule has 2 rings (SSSR count). The maximum atomic E-state index is 12.0. The molecule has 18 heavy (non-hydrogen) atoms. The summed E-state index contributed by atoms with van der Waals surface area (Å²) < 4.78 is 0. The number of aromatic amines is 1. The number of anilines is 1. The average Bonchev–Trinajstić information content (AvgIpc) is 2.35. The lowest BCUT2D eigenvalue weighted by Gasteiger charge is -2.18. The van der Waals surface area contributed by atoms with Gasteiger partial charge in [-0.1, -0.05) is 18.2 Å². The van der Waals surface area contributed by atoms with Gasteiger partial charge in [-0.05, 0) is 6.07 Å². The first-order chi connectivity index (χ1) is 8.56. The number of hydrogen-bond donors (Lipinski definition) is 2. The van der Waals surface area contributed by atoms with Gasteiger partial charge in [0, 0.05) is 26.5 Å². The van der Waals surface area contributed by atoms with Crippen LogP contribution in [0.4, 0.5) is 5.69 Å². The van der Waals surface area contributed by atoms with Crippen LogP contribution >= 0.6 is 0 Å². The molecule has 0 fully saturated rings. The zero-order valence-electron chi connectivity index (χ0n) is 10.6. The third-order valence-corrected chi connectivity index (χ3v) is 2.80. The predicted molar refractivity (Wildman–Crippen MR) is 72.3 cm³/mol. The van der Waals surface area contributed by atoms with Gasteiger partial charge in [-0.2, -0.15) is 0 Å². The molecular weight excluding hydrogens is 230 g/mol. The third-order valence-electron chi connectivity index (χ3n) is 2.80. The number of nitrogens with zero attached hydrogens (tertiary/aromatic N) is 1. The monoisotopic (exact) mass is 245 g/mol. The van der Waals surface area contributed by atoms with E-state index in [1.807, 2.05) is 38.4 Å². The zero-order valence-corrected chi connectivity index (χ0v) is 10.6. The molecule has 0 spiro atoms. The van der Waals surface area contributed by atoms with Crippen LogP contribution in [0.25, 0.3) is 10.9 Å². The van der Waals surface area contributed by atoms with Gasteiger partial charge in [-0.15, -0.1) is 0 Å². The molecule has 0 aliphatic carbocycles. The fourth-order valence-corrected chi connectivity index (χ4v) is 2.03. The van der Waals surface area contributed by atoms with Gasteiger partial charge in [-0.25, -0.2) is 0 Å². The standard InChI is InChI=1S/C13H15N3O2/c1-14-12(17)10-11(16(2)3)8-6-4-5-7-9(8)15-13(10)18/h4-7H,1-3H3,(H,14,17)(H,15,18). The lowest BCUT2D eigenvalue weighted by Crippen LogP contribution is -2.30. The molecule has 94 valence electrons. The topological polar surface area (TPSA) is 65.2 Å². The van der Waals surface area contributed by atoms with Crippen molar-refractivity contribution in [2.45, 2.75) is 0 Å². The summed E-state index contributed by atoms with van der Waals surface area (Å²) in [5.41, 5.74) is 1.12. The second kappa shape index (κ2) is 4.52. The number of carbonyl (C=O) groups excluding carboxylic acids is 1. The molecule has 1 aromatic carbocycles. The minimum Gasteiger partial charge on any atom is -0.376 e. The molecule has 0 radical (unpaired) electrons. The third kappa shape index (κ3) is 1.84. The number of amides is 1. The van der Waals surface area contributed by atoms with E-state index in [1.54, 1.807) is 4.90 Å². The minimum absolute atomic E-state index is 0.140. The Bertz CT molecular complexity index is 659. The molecule has 5 heteroatoms. The molecule has 0 atom stereocenters. The predicted octanol–water partition coefficient (Wildman–Crippen LogP) is 0.954. The zero-order chi connectivity index (χ0) is 13.3. The van der Waals surface area contributed by atoms with Crippen LogP contribution in [0.1, 0.15) is 10.4 Å². The van der Waals surface area contributed by atoms with E-state index < -0.39 is 0 Å². The van der Waals surface area contributed by atoms with Gasteiger partial charge >= 0.3 is 0 Å². The first kappa shape index (κ1) is 12.2. The van der Waals surface area contributed by atoms with Gasteiger partial charge in [0.1, 0.15) is 5.56 Å². The first-order valence-electron chi connectivity index (χ1n) is 5.60. The van der Waals surface area contributed by atoms with Crippen LogP contribution in [0.3, 0.4) is 0 Å². The number of benzene rings is 1. The number of rotatable bonds is 2. The molecule has 1 aromatic heterocycles. The molecule has 1 amide bonds. The maximum absolute atomic E-state index is 12.0. The first-order valence-corrected chi connectivity index (χ1v) is 5.60. The lowest BCUT2D eigenvalue weighted by molar-refractivity contribution is 0.0962. The van der Waals surface area contributed by atoms with Crippen molar-refractivity contribution in [2.24, 2.45) is 0 Å². The van der Waals surface area contributed by atoms with Crippen LogP contribution in [0.5, 0.6) is 0 Å². The number of aromatic nitrogens is 1. The summed E-state index contributed by atoms with van der Waals surface area (Å²) in [6.07, 6.45) is 0. The molecule has 0 aliphatic rings. The van der Waals surface area contributed by atoms with E-state index in [0.29, 0.717) is 5.69 Å². The van der Waals surface area contributed by atoms with Crippen LogP contribution in [0.2, 0.25) is 0 Å². The molecular formula is C13H15N3O2. The Hall–Kier alpha value is -2.30. The number of H-pyrrole nitrogens is 1. The molecule has 0 saturated heterocycles. The minimum atomic E-state index is -0.384. The molecule has 1 heterocycles. The summed E-state index contributed by atoms with van der Waals surface area (Å²) >= 11 is 0. The van der Waals surface area contributed by atoms with Crippen LogP contribution in [-0.4, -0.2) is 32.0 Å². The highest BCUT2D eigenvalue weighted by molar-refractivity contribution is 6.07. The van der Waals surface area contributed by atoms with Crippen LogP contribution in [-0.2, 0) is 0 Å². The highest BCUT2D eigenvalue weighted by Gasteiger charge is 2.19. The SMILES string of the molecule is CNC(=O)c1c(N(C)C)c2ccccc2[nH]c1=O. The van der Waals surface area contributed by atoms with E-state index >= 15 is 0 Å². The number of carbonyl (C=O) groups is 1. The molecule has 2 aromatic rings. The summed E-state index contributed by atoms with van der Waals surface area (Å²) in [5.74, 6) is -0.384. The van der Waals surface area contributed by atoms with Crippen molar-refractivity contribution in [3.63, 3.8) is 0 Å². The van der Waals surface area contributed by atoms with Gasteiger partial charge in [0.25, 0.3) is 11.5 Å². The second-order valence-corrected chi connectivity index (χ2v) is 4.20. The van der Waals surface area contributed by atoms with E-state index in [4.69, 9.17) is 0 Å². The summed E-state index contributed by atoms with van der Waals surface area (Å²) in [5, 5.41) is 3.34. The summed E-state index contributed by atoms with van der Waals surface area (Å²) in [7, 11) is 5.14. The summed E-state index contributed by atoms with van der Waals surface area (Å²) in [6, 6.07) is 7.42. The molecule has 0 aliphatic heterocycles. The van der Waals surface area contributed by atoms with Crippen molar-refractivity contribution in [2.75, 3.05) is 26.0 Å². The second-order valence-electron chi connectivity index (χ2n) is 4.20. The summed E-state index contributed by atoms with van der Waals surface area (Å²) in [6.45, 7) is 0. The fourth-order valence-electron chi connectivity index (χ4n) is 2.03. The van der Waals surface area contributed by atoms with E-state index in [1.165, 1.54) is 7.05 Å². The van der Waals surface area contributed by atoms with Crippen LogP contribution in [0, 0.1) is 0 Å². The van der Waals surface area contributed by atoms with Gasteiger partial charge in [0.15, 0.2) is 0 Å². The number of fused-ring (bicyclic) bond motifs is 1. The highest BCUT2D eigenvalue weighted by Crippen LogP contribution is 2.25. The fraction of sp³-hybridized carbons (Fsp3) is 0.231. The molecule has 0 unspecified atom stereocenters. The number of nitrogens with one attached hydrogen (secondary N) is 2. The quantitative estimate of drug-likeness (QED) is 0.828. The smallest absolute Gasteiger partial charge is 0.263 e. The van der Waals surface area contributed by atoms with E-state index in [9.17, 15) is 9.59 Å². The Morgan fingerprint density at radius 3 is 2.56 bits per heavy atom. The van der Waals surface area contributed by atoms with Gasteiger partial charge in [-0.3, -0.25) is 9.59 Å². The highest BCUT2D eigenvalue weighted by atomic mass is 16.2. The lowest BCUT2D eigenvalue weighted by atomic mass is 10.1. The van der Waals surface area contributed by atoms with E-state index in [2.05, 4.69) is 10.3 Å². The number of para-hydroxylation sites is 1. The van der Waals surface area contributed by atoms with E-state index in [-0.39, 0.29) is 17.0 Å². The van der Waals surface area contributed by atoms with Crippen molar-refractivity contribution in [3.8, 4) is 0 Å². The number of pyridine rings is 1. The van der Waals surface area contributed by atoms with Crippen molar-refractivity contribution < 1.29 is 4.79 Å². The molecule has 2 N–H and O–H groups in total. The van der Waals surface area contributed by atoms with Gasteiger partial charge < -0.3 is 15.2 Å². The largest absolute Gasteiger partial charge is 0.376 e. The van der Waals surface area contributed by atoms with Crippen molar-refractivity contribution in [1.82, 2.24) is 10.3 Å². The van der Waals surface area contributed by atoms with Crippen LogP contribution in [0.15, 0.2) is 29.1 Å². The molecule has 0 bridgehead atoms. The Kier molecular flexibility index (Phi) is 3.06. The van der Waals surface area contributed by atoms with E-state index in [0.717, 1.165) is 10.9 Å². The Labute approximate surface area is 104 Å². The van der Waals surface area contributed by atoms with Gasteiger partial charge in [0.05, 0.1) is 11.2 Å². The normalized spacial score (nSPS) is 10.4. The van der Waals surface area contributed by atoms with Gasteiger partial charge in [0.2, 0.25) is 0 Å². The Morgan fingerprint density at radius 1 is 1.28 bits per heavy atom. The molecule has 5 nitrogen and oxygen atoms in total. The van der Waals surface area contributed by atoms with Crippen molar-refractivity contribution in [3.05, 3.63) is 40.2 Å². The molecule has 0 saturated carbocycles. The summed E-state index contributed by atoms with van der Waals surface area (Å²) in [4.78, 5) is 28.4. The van der Waals surface area contributed by atoms with Crippen molar-refractivity contribution in [1.29, 1.82) is 0 Å². The van der Waals surface area contributed by atoms with Crippen LogP contribution < -0.4 is 15.8 Å². The average molecular weight is 245 g/mol. The Balaban J connectivity index is 2.92. The number of hydrogen-bond acceptors (Lipinski definition) is 3. The maximum Gasteiger partial charge on any atom is 0.263 e. The Morgan fingerprint density at radius 2 is 1.94 bits per heavy atom.